The first-order valence-corrected chi connectivity index (χ1v) is 9.84. The fourth-order valence-electron chi connectivity index (χ4n) is 3.05. The zero-order valence-electron chi connectivity index (χ0n) is 14.0. The molecule has 1 saturated heterocycles. The van der Waals surface area contributed by atoms with Crippen LogP contribution in [0.25, 0.3) is 0 Å². The Morgan fingerprint density at radius 3 is 2.42 bits per heavy atom. The van der Waals surface area contributed by atoms with Gasteiger partial charge in [0.2, 0.25) is 10.0 Å². The molecular weight excluding hydrogens is 320 g/mol. The highest BCUT2D eigenvalue weighted by molar-refractivity contribution is 7.89. The largest absolute Gasteiger partial charge is 0.313 e. The van der Waals surface area contributed by atoms with Gasteiger partial charge in [0, 0.05) is 19.1 Å². The Morgan fingerprint density at radius 1 is 1.08 bits per heavy atom. The highest BCUT2D eigenvalue weighted by Crippen LogP contribution is 2.21. The summed E-state index contributed by atoms with van der Waals surface area (Å²) in [5.74, 6) is 0. The van der Waals surface area contributed by atoms with Crippen LogP contribution < -0.4 is 5.32 Å². The summed E-state index contributed by atoms with van der Waals surface area (Å²) in [4.78, 5) is 0.363. The van der Waals surface area contributed by atoms with Crippen LogP contribution in [0.2, 0.25) is 0 Å². The molecule has 24 heavy (non-hydrogen) atoms. The van der Waals surface area contributed by atoms with Crippen molar-refractivity contribution in [1.82, 2.24) is 9.62 Å². The van der Waals surface area contributed by atoms with Gasteiger partial charge in [0.05, 0.1) is 4.90 Å². The second-order valence-electron chi connectivity index (χ2n) is 6.39. The number of hydrogen-bond acceptors (Lipinski definition) is 3. The quantitative estimate of drug-likeness (QED) is 0.876. The maximum Gasteiger partial charge on any atom is 0.243 e. The third-order valence-corrected chi connectivity index (χ3v) is 6.27. The number of aryl methyl sites for hydroxylation is 1. The molecule has 1 atom stereocenters. The first-order chi connectivity index (χ1) is 11.6. The number of rotatable bonds is 6. The van der Waals surface area contributed by atoms with Gasteiger partial charge in [-0.05, 0) is 44.0 Å². The molecule has 0 amide bonds. The van der Waals surface area contributed by atoms with Crippen LogP contribution in [0.3, 0.4) is 0 Å². The minimum Gasteiger partial charge on any atom is -0.313 e. The van der Waals surface area contributed by atoms with E-state index in [1.54, 1.807) is 16.4 Å². The van der Waals surface area contributed by atoms with Crippen molar-refractivity contribution in [3.05, 3.63) is 65.7 Å². The van der Waals surface area contributed by atoms with Gasteiger partial charge in [-0.25, -0.2) is 8.42 Å². The Labute approximate surface area is 144 Å². The van der Waals surface area contributed by atoms with Crippen LogP contribution in [0.1, 0.15) is 24.0 Å². The van der Waals surface area contributed by atoms with E-state index in [1.165, 1.54) is 0 Å². The SMILES string of the molecule is Cc1ccc(S(=O)(=O)N(Cc2ccccc2)C[C@@H]2CCCN2)cc1. The zero-order chi connectivity index (χ0) is 17.0. The Bertz CT molecular complexity index is 752. The summed E-state index contributed by atoms with van der Waals surface area (Å²) >= 11 is 0. The molecule has 1 fully saturated rings. The van der Waals surface area contributed by atoms with E-state index in [9.17, 15) is 8.42 Å². The van der Waals surface area contributed by atoms with Gasteiger partial charge in [0.15, 0.2) is 0 Å². The molecule has 5 heteroatoms. The molecule has 0 aliphatic carbocycles. The molecule has 0 radical (unpaired) electrons. The van der Waals surface area contributed by atoms with Crippen molar-refractivity contribution in [2.75, 3.05) is 13.1 Å². The standard InChI is InChI=1S/C19H24N2O2S/c1-16-9-11-19(12-10-16)24(22,23)21(15-18-8-5-13-20-18)14-17-6-3-2-4-7-17/h2-4,6-7,9-12,18,20H,5,8,13-15H2,1H3/t18-/m0/s1. The Kier molecular flexibility index (Phi) is 5.33. The Balaban J connectivity index is 1.88. The van der Waals surface area contributed by atoms with E-state index < -0.39 is 10.0 Å². The minimum absolute atomic E-state index is 0.230. The van der Waals surface area contributed by atoms with Gasteiger partial charge in [-0.1, -0.05) is 48.0 Å². The van der Waals surface area contributed by atoms with Crippen molar-refractivity contribution in [1.29, 1.82) is 0 Å². The highest BCUT2D eigenvalue weighted by Gasteiger charge is 2.28. The molecule has 0 unspecified atom stereocenters. The fraction of sp³-hybridized carbons (Fsp3) is 0.368. The van der Waals surface area contributed by atoms with E-state index in [0.29, 0.717) is 18.0 Å². The summed E-state index contributed by atoms with van der Waals surface area (Å²) in [6.45, 7) is 3.83. The van der Waals surface area contributed by atoms with Gasteiger partial charge in [-0.2, -0.15) is 4.31 Å². The van der Waals surface area contributed by atoms with Crippen LogP contribution in [-0.4, -0.2) is 31.9 Å². The Morgan fingerprint density at radius 2 is 1.79 bits per heavy atom. The van der Waals surface area contributed by atoms with Crippen molar-refractivity contribution in [3.63, 3.8) is 0 Å². The average molecular weight is 344 g/mol. The minimum atomic E-state index is -3.51. The molecule has 4 nitrogen and oxygen atoms in total. The topological polar surface area (TPSA) is 49.4 Å². The van der Waals surface area contributed by atoms with Crippen molar-refractivity contribution in [2.45, 2.75) is 37.2 Å². The normalized spacial score (nSPS) is 18.2. The van der Waals surface area contributed by atoms with E-state index >= 15 is 0 Å². The maximum absolute atomic E-state index is 13.1. The number of sulfonamides is 1. The van der Waals surface area contributed by atoms with Crippen LogP contribution >= 0.6 is 0 Å². The highest BCUT2D eigenvalue weighted by atomic mass is 32.2. The van der Waals surface area contributed by atoms with E-state index in [2.05, 4.69) is 5.32 Å². The van der Waals surface area contributed by atoms with Crippen molar-refractivity contribution in [3.8, 4) is 0 Å². The lowest BCUT2D eigenvalue weighted by Crippen LogP contribution is -2.40. The number of nitrogens with zero attached hydrogens (tertiary/aromatic N) is 1. The summed E-state index contributed by atoms with van der Waals surface area (Å²) in [5.41, 5.74) is 2.06. The first kappa shape index (κ1) is 17.1. The Hall–Kier alpha value is -1.69. The molecule has 0 spiro atoms. The lowest BCUT2D eigenvalue weighted by Gasteiger charge is -2.25. The molecular formula is C19H24N2O2S. The van der Waals surface area contributed by atoms with E-state index in [1.807, 2.05) is 49.4 Å². The van der Waals surface area contributed by atoms with Crippen LogP contribution in [0.5, 0.6) is 0 Å². The molecule has 1 aliphatic rings. The molecule has 1 heterocycles. The molecule has 128 valence electrons. The smallest absolute Gasteiger partial charge is 0.243 e. The fourth-order valence-corrected chi connectivity index (χ4v) is 4.53. The lowest BCUT2D eigenvalue weighted by atomic mass is 10.2. The second-order valence-corrected chi connectivity index (χ2v) is 8.33. The second kappa shape index (κ2) is 7.47. The molecule has 0 bridgehead atoms. The van der Waals surface area contributed by atoms with Crippen molar-refractivity contribution < 1.29 is 8.42 Å². The van der Waals surface area contributed by atoms with E-state index in [0.717, 1.165) is 30.5 Å². The molecule has 2 aromatic rings. The first-order valence-electron chi connectivity index (χ1n) is 8.40. The van der Waals surface area contributed by atoms with Crippen LogP contribution in [-0.2, 0) is 16.6 Å². The van der Waals surface area contributed by atoms with Crippen molar-refractivity contribution in [2.24, 2.45) is 0 Å². The van der Waals surface area contributed by atoms with Crippen LogP contribution in [0.15, 0.2) is 59.5 Å². The van der Waals surface area contributed by atoms with Gasteiger partial charge in [-0.15, -0.1) is 0 Å². The number of nitrogens with one attached hydrogen (secondary N) is 1. The third-order valence-electron chi connectivity index (χ3n) is 4.45. The molecule has 2 aromatic carbocycles. The predicted molar refractivity (Wildman–Crippen MR) is 96.2 cm³/mol. The average Bonchev–Trinajstić information content (AvgIpc) is 3.09. The van der Waals surface area contributed by atoms with Crippen molar-refractivity contribution >= 4 is 10.0 Å². The number of benzene rings is 2. The predicted octanol–water partition coefficient (Wildman–Crippen LogP) is 2.94. The van der Waals surface area contributed by atoms with Crippen LogP contribution in [0, 0.1) is 6.92 Å². The van der Waals surface area contributed by atoms with Gasteiger partial charge >= 0.3 is 0 Å². The summed E-state index contributed by atoms with van der Waals surface area (Å²) in [7, 11) is -3.51. The molecule has 0 saturated carbocycles. The molecule has 1 aliphatic heterocycles. The van der Waals surface area contributed by atoms with Gasteiger partial charge < -0.3 is 5.32 Å². The maximum atomic E-state index is 13.1. The monoisotopic (exact) mass is 344 g/mol. The van der Waals surface area contributed by atoms with Gasteiger partial charge in [0.25, 0.3) is 0 Å². The van der Waals surface area contributed by atoms with Gasteiger partial charge in [0.1, 0.15) is 0 Å². The summed E-state index contributed by atoms with van der Waals surface area (Å²) in [6.07, 6.45) is 2.13. The number of hydrogen-bond donors (Lipinski definition) is 1. The van der Waals surface area contributed by atoms with E-state index in [-0.39, 0.29) is 6.04 Å². The zero-order valence-corrected chi connectivity index (χ0v) is 14.8. The molecule has 1 N–H and O–H groups in total. The summed E-state index contributed by atoms with van der Waals surface area (Å²) in [6, 6.07) is 17.1. The summed E-state index contributed by atoms with van der Waals surface area (Å²) in [5, 5.41) is 3.40. The van der Waals surface area contributed by atoms with E-state index in [4.69, 9.17) is 0 Å². The molecule has 3 rings (SSSR count). The van der Waals surface area contributed by atoms with Crippen LogP contribution in [0.4, 0.5) is 0 Å². The van der Waals surface area contributed by atoms with Gasteiger partial charge in [-0.3, -0.25) is 0 Å². The molecule has 0 aromatic heterocycles. The summed E-state index contributed by atoms with van der Waals surface area (Å²) < 4.78 is 27.9. The lowest BCUT2D eigenvalue weighted by molar-refractivity contribution is 0.365. The third kappa shape index (κ3) is 4.04.